The molecule has 124 valence electrons. The van der Waals surface area contributed by atoms with Gasteiger partial charge in [-0.25, -0.2) is 4.79 Å². The van der Waals surface area contributed by atoms with Gasteiger partial charge in [0.1, 0.15) is 5.70 Å². The largest absolute Gasteiger partial charge is 0.340 e. The quantitative estimate of drug-likeness (QED) is 0.655. The molecule has 1 aliphatic heterocycles. The van der Waals surface area contributed by atoms with Crippen molar-refractivity contribution in [1.82, 2.24) is 14.7 Å². The smallest absolute Gasteiger partial charge is 0.332 e. The van der Waals surface area contributed by atoms with Crippen molar-refractivity contribution in [2.45, 2.75) is 17.7 Å². The first kappa shape index (κ1) is 17.4. The average molecular weight is 335 g/mol. The number of likely N-dealkylation sites (N-methyl/N-ethyl adjacent to an activating group) is 1. The molecule has 1 heterocycles. The van der Waals surface area contributed by atoms with Crippen LogP contribution in [-0.4, -0.2) is 48.8 Å². The molecule has 0 unspecified atom stereocenters. The summed E-state index contributed by atoms with van der Waals surface area (Å²) in [6.07, 6.45) is 2.74. The lowest BCUT2D eigenvalue weighted by Crippen LogP contribution is -2.33. The highest BCUT2D eigenvalue weighted by atomic mass is 32.2. The van der Waals surface area contributed by atoms with Gasteiger partial charge in [-0.15, -0.1) is 0 Å². The predicted molar refractivity (Wildman–Crippen MR) is 90.1 cm³/mol. The van der Waals surface area contributed by atoms with Gasteiger partial charge in [0.15, 0.2) is 0 Å². The van der Waals surface area contributed by atoms with E-state index in [1.54, 1.807) is 17.4 Å². The summed E-state index contributed by atoms with van der Waals surface area (Å²) in [7, 11) is 5.67. The van der Waals surface area contributed by atoms with Gasteiger partial charge in [0.05, 0.1) is 0 Å². The molecule has 1 N–H and O–H groups in total. The highest BCUT2D eigenvalue weighted by Crippen LogP contribution is 2.34. The molecule has 0 bridgehead atoms. The van der Waals surface area contributed by atoms with Crippen molar-refractivity contribution in [2.75, 3.05) is 27.7 Å². The maximum absolute atomic E-state index is 12.2. The van der Waals surface area contributed by atoms with E-state index in [-0.39, 0.29) is 6.42 Å². The van der Waals surface area contributed by atoms with E-state index in [2.05, 4.69) is 5.48 Å². The van der Waals surface area contributed by atoms with E-state index in [0.717, 1.165) is 17.0 Å². The van der Waals surface area contributed by atoms with Crippen molar-refractivity contribution >= 4 is 29.9 Å². The number of carbonyl (C=O) groups is 2. The minimum Gasteiger partial charge on any atom is -0.340 e. The fraction of sp³-hybridized carbons (Fsp3) is 0.375. The van der Waals surface area contributed by atoms with Gasteiger partial charge in [-0.05, 0) is 56.7 Å². The second-order valence-corrected chi connectivity index (χ2v) is 6.64. The Kier molecular flexibility index (Phi) is 6.06. The van der Waals surface area contributed by atoms with Gasteiger partial charge in [-0.2, -0.15) is 5.48 Å². The van der Waals surface area contributed by atoms with Gasteiger partial charge in [-0.3, -0.25) is 4.79 Å². The highest BCUT2D eigenvalue weighted by Gasteiger charge is 2.22. The maximum atomic E-state index is 12.2. The monoisotopic (exact) mass is 335 g/mol. The second-order valence-electron chi connectivity index (χ2n) is 5.47. The summed E-state index contributed by atoms with van der Waals surface area (Å²) in [4.78, 5) is 31.7. The number of fused-ring (bicyclic) bond motifs is 1. The molecule has 0 aromatic heterocycles. The van der Waals surface area contributed by atoms with Crippen molar-refractivity contribution < 1.29 is 14.4 Å². The molecule has 2 rings (SSSR count). The minimum atomic E-state index is -0.438. The molecule has 1 aliphatic rings. The summed E-state index contributed by atoms with van der Waals surface area (Å²) in [5.74, 6) is -0.872. The average Bonchev–Trinajstić information content (AvgIpc) is 2.51. The number of nitrogens with zero attached hydrogens (tertiary/aromatic N) is 2. The first-order valence-electron chi connectivity index (χ1n) is 7.34. The lowest BCUT2D eigenvalue weighted by molar-refractivity contribution is -0.157. The Morgan fingerprint density at radius 3 is 2.78 bits per heavy atom. The molecule has 0 radical (unpaired) electrons. The molecule has 0 spiro atoms. The molecule has 1 aromatic carbocycles. The second kappa shape index (κ2) is 8.03. The van der Waals surface area contributed by atoms with Gasteiger partial charge in [0.25, 0.3) is 0 Å². The molecular formula is C16H21N3O3S. The number of benzene rings is 1. The predicted octanol–water partition coefficient (Wildman–Crippen LogP) is 1.90. The number of rotatable bonds is 5. The van der Waals surface area contributed by atoms with Crippen molar-refractivity contribution in [2.24, 2.45) is 0 Å². The Morgan fingerprint density at radius 2 is 2.04 bits per heavy atom. The number of hydrogen-bond donors (Lipinski definition) is 1. The van der Waals surface area contributed by atoms with E-state index < -0.39 is 11.9 Å². The van der Waals surface area contributed by atoms with Crippen LogP contribution in [0.1, 0.15) is 18.4 Å². The zero-order valence-corrected chi connectivity index (χ0v) is 14.4. The third-order valence-corrected chi connectivity index (χ3v) is 4.30. The topological polar surface area (TPSA) is 61.9 Å². The summed E-state index contributed by atoms with van der Waals surface area (Å²) in [5.41, 5.74) is 3.64. The Labute approximate surface area is 140 Å². The van der Waals surface area contributed by atoms with E-state index in [0.29, 0.717) is 12.1 Å². The normalized spacial score (nSPS) is 13.4. The van der Waals surface area contributed by atoms with Crippen molar-refractivity contribution in [1.29, 1.82) is 0 Å². The van der Waals surface area contributed by atoms with Gasteiger partial charge in [0.2, 0.25) is 0 Å². The van der Waals surface area contributed by atoms with E-state index in [1.807, 2.05) is 43.3 Å². The van der Waals surface area contributed by atoms with E-state index in [1.165, 1.54) is 11.9 Å². The third-order valence-electron chi connectivity index (χ3n) is 3.26. The van der Waals surface area contributed by atoms with Gasteiger partial charge in [0, 0.05) is 18.4 Å². The van der Waals surface area contributed by atoms with Crippen LogP contribution in [0.3, 0.4) is 0 Å². The SMILES string of the molecule is CN(C)CCCC(=O)ONC(=O)C1=Cc2ccccc2SN1C. The standard InChI is InChI=1S/C16H21N3O3S/c1-18(2)10-6-9-15(20)22-17-16(21)13-11-12-7-4-5-8-14(12)23-19(13)3/h4-5,7-8,11H,6,9-10H2,1-3H3,(H,17,21). The van der Waals surface area contributed by atoms with Crippen LogP contribution >= 0.6 is 11.9 Å². The first-order valence-corrected chi connectivity index (χ1v) is 8.12. The Balaban J connectivity index is 1.88. The molecule has 6 nitrogen and oxygen atoms in total. The zero-order valence-electron chi connectivity index (χ0n) is 13.5. The Hall–Kier alpha value is -1.99. The minimum absolute atomic E-state index is 0.269. The molecule has 0 saturated carbocycles. The summed E-state index contributed by atoms with van der Waals surface area (Å²) >= 11 is 1.46. The summed E-state index contributed by atoms with van der Waals surface area (Å²) < 4.78 is 1.75. The fourth-order valence-corrected chi connectivity index (χ4v) is 2.97. The molecule has 1 amide bonds. The summed E-state index contributed by atoms with van der Waals surface area (Å²) in [5, 5.41) is 0. The summed E-state index contributed by atoms with van der Waals surface area (Å²) in [6.45, 7) is 0.796. The Bertz CT molecular complexity index is 616. The summed E-state index contributed by atoms with van der Waals surface area (Å²) in [6, 6.07) is 7.80. The third kappa shape index (κ3) is 5.01. The lowest BCUT2D eigenvalue weighted by atomic mass is 10.2. The molecular weight excluding hydrogens is 314 g/mol. The van der Waals surface area contributed by atoms with Crippen molar-refractivity contribution in [3.63, 3.8) is 0 Å². The van der Waals surface area contributed by atoms with E-state index in [9.17, 15) is 9.59 Å². The molecule has 7 heteroatoms. The van der Waals surface area contributed by atoms with Crippen LogP contribution in [-0.2, 0) is 14.4 Å². The zero-order chi connectivity index (χ0) is 16.8. The Morgan fingerprint density at radius 1 is 1.30 bits per heavy atom. The molecule has 0 fully saturated rings. The van der Waals surface area contributed by atoms with Gasteiger partial charge >= 0.3 is 11.9 Å². The van der Waals surface area contributed by atoms with Crippen LogP contribution in [0.25, 0.3) is 6.08 Å². The molecule has 0 atom stereocenters. The highest BCUT2D eigenvalue weighted by molar-refractivity contribution is 7.97. The number of carbonyl (C=O) groups excluding carboxylic acids is 2. The van der Waals surface area contributed by atoms with Crippen LogP contribution in [0.2, 0.25) is 0 Å². The van der Waals surface area contributed by atoms with Crippen LogP contribution in [0, 0.1) is 0 Å². The number of hydrogen-bond acceptors (Lipinski definition) is 6. The van der Waals surface area contributed by atoms with Crippen molar-refractivity contribution in [3.05, 3.63) is 35.5 Å². The van der Waals surface area contributed by atoms with E-state index >= 15 is 0 Å². The van der Waals surface area contributed by atoms with Gasteiger partial charge < -0.3 is 14.0 Å². The van der Waals surface area contributed by atoms with Gasteiger partial charge in [-0.1, -0.05) is 18.2 Å². The molecule has 0 aliphatic carbocycles. The van der Waals surface area contributed by atoms with Crippen molar-refractivity contribution in [3.8, 4) is 0 Å². The van der Waals surface area contributed by atoms with E-state index in [4.69, 9.17) is 4.84 Å². The first-order chi connectivity index (χ1) is 11.0. The maximum Gasteiger partial charge on any atom is 0.332 e. The molecule has 0 saturated heterocycles. The molecule has 1 aromatic rings. The number of nitrogens with one attached hydrogen (secondary N) is 1. The lowest BCUT2D eigenvalue weighted by Gasteiger charge is -2.25. The van der Waals surface area contributed by atoms with Crippen LogP contribution in [0.5, 0.6) is 0 Å². The van der Waals surface area contributed by atoms with Crippen LogP contribution < -0.4 is 5.48 Å². The van der Waals surface area contributed by atoms with Crippen LogP contribution in [0.15, 0.2) is 34.9 Å². The molecule has 23 heavy (non-hydrogen) atoms. The fourth-order valence-electron chi connectivity index (χ4n) is 2.07. The number of amides is 1. The number of hydroxylamine groups is 1. The van der Waals surface area contributed by atoms with Crippen LogP contribution in [0.4, 0.5) is 0 Å².